The lowest BCUT2D eigenvalue weighted by Crippen LogP contribution is -2.12. The molecule has 0 bridgehead atoms. The Labute approximate surface area is 122 Å². The highest BCUT2D eigenvalue weighted by atomic mass is 32.1. The number of benzene rings is 1. The lowest BCUT2D eigenvalue weighted by atomic mass is 10.1. The first-order chi connectivity index (χ1) is 9.74. The van der Waals surface area contributed by atoms with E-state index in [1.807, 2.05) is 35.7 Å². The molecule has 1 aromatic heterocycles. The van der Waals surface area contributed by atoms with Crippen LogP contribution in [0.15, 0.2) is 59.2 Å². The first-order valence-electron chi connectivity index (χ1n) is 5.97. The summed E-state index contributed by atoms with van der Waals surface area (Å²) in [6.07, 6.45) is 5.08. The van der Waals surface area contributed by atoms with Crippen LogP contribution in [0.2, 0.25) is 0 Å². The number of hydrogen-bond donors (Lipinski definition) is 2. The van der Waals surface area contributed by atoms with Crippen molar-refractivity contribution >= 4 is 28.2 Å². The van der Waals surface area contributed by atoms with Crippen LogP contribution in [0.5, 0.6) is 0 Å². The summed E-state index contributed by atoms with van der Waals surface area (Å²) < 4.78 is 0. The second kappa shape index (κ2) is 7.20. The highest BCUT2D eigenvalue weighted by Gasteiger charge is 2.01. The minimum absolute atomic E-state index is 0. The van der Waals surface area contributed by atoms with Crippen LogP contribution in [0.3, 0.4) is 0 Å². The third-order valence-electron chi connectivity index (χ3n) is 2.35. The molecule has 1 aromatic carbocycles. The Hall–Kier alpha value is -2.47. The molecule has 0 unspecified atom stereocenters. The van der Waals surface area contributed by atoms with E-state index in [0.717, 1.165) is 10.7 Å². The smallest absolute Gasteiger partial charge is 0.252 e. The van der Waals surface area contributed by atoms with Gasteiger partial charge in [-0.1, -0.05) is 30.3 Å². The van der Waals surface area contributed by atoms with Crippen molar-refractivity contribution in [1.29, 1.82) is 0 Å². The van der Waals surface area contributed by atoms with Crippen molar-refractivity contribution < 1.29 is 6.22 Å². The number of nitrogens with two attached hydrogens (primary N) is 1. The van der Waals surface area contributed by atoms with Crippen LogP contribution in [0, 0.1) is 0 Å². The van der Waals surface area contributed by atoms with Gasteiger partial charge in [0.2, 0.25) is 0 Å². The number of nitrogens with zero attached hydrogens (tertiary/aromatic N) is 2. The first-order valence-corrected chi connectivity index (χ1v) is 6.85. The van der Waals surface area contributed by atoms with Gasteiger partial charge in [-0.15, -0.1) is 11.3 Å². The van der Waals surface area contributed by atoms with E-state index in [1.54, 1.807) is 12.4 Å². The summed E-state index contributed by atoms with van der Waals surface area (Å²) in [6.45, 7) is 0. The molecule has 0 aliphatic rings. The Morgan fingerprint density at radius 1 is 1.45 bits per heavy atom. The van der Waals surface area contributed by atoms with Crippen molar-refractivity contribution in [2.45, 2.75) is 6.42 Å². The van der Waals surface area contributed by atoms with Crippen LogP contribution in [0.25, 0.3) is 0 Å². The number of aliphatic imine (C=N–C) groups is 1. The number of carbonyl (C=O) groups is 1. The van der Waals surface area contributed by atoms with Gasteiger partial charge in [-0.2, -0.15) is 4.99 Å². The fourth-order valence-electron chi connectivity index (χ4n) is 1.48. The summed E-state index contributed by atoms with van der Waals surface area (Å²) in [6, 6.07) is 9.42. The van der Waals surface area contributed by atoms with Crippen molar-refractivity contribution in [3.63, 3.8) is 0 Å². The van der Waals surface area contributed by atoms with Gasteiger partial charge >= 0.3 is 0 Å². The van der Waals surface area contributed by atoms with Crippen molar-refractivity contribution in [3.8, 4) is 0 Å². The molecule has 0 saturated heterocycles. The Morgan fingerprint density at radius 2 is 2.25 bits per heavy atom. The van der Waals surface area contributed by atoms with Gasteiger partial charge in [0.05, 0.1) is 6.42 Å². The summed E-state index contributed by atoms with van der Waals surface area (Å²) >= 11 is 1.47. The predicted molar refractivity (Wildman–Crippen MR) is 83.8 cm³/mol. The van der Waals surface area contributed by atoms with Crippen LogP contribution < -0.4 is 11.1 Å². The van der Waals surface area contributed by atoms with Gasteiger partial charge in [0.25, 0.3) is 5.91 Å². The van der Waals surface area contributed by atoms with E-state index in [1.165, 1.54) is 17.4 Å². The van der Waals surface area contributed by atoms with Crippen LogP contribution in [-0.2, 0) is 11.2 Å². The van der Waals surface area contributed by atoms with E-state index in [2.05, 4.69) is 15.3 Å². The van der Waals surface area contributed by atoms with E-state index in [-0.39, 0.29) is 19.6 Å². The number of carbonyl (C=O) groups excluding carboxylic acids is 1. The van der Waals surface area contributed by atoms with Crippen LogP contribution >= 0.6 is 11.3 Å². The number of amidine groups is 1. The Balaban J connectivity index is 0.00000220. The number of hydrogen-bond acceptors (Lipinski definition) is 4. The number of amides is 1. The molecule has 0 aliphatic carbocycles. The van der Waals surface area contributed by atoms with Crippen LogP contribution in [-0.4, -0.2) is 16.7 Å². The molecule has 0 fully saturated rings. The Kier molecular flexibility index (Phi) is 5.02. The summed E-state index contributed by atoms with van der Waals surface area (Å²) in [5.74, 6) is -0.109. The third kappa shape index (κ3) is 4.66. The zero-order valence-corrected chi connectivity index (χ0v) is 11.5. The van der Waals surface area contributed by atoms with E-state index >= 15 is 0 Å². The quantitative estimate of drug-likeness (QED) is 0.654. The summed E-state index contributed by atoms with van der Waals surface area (Å²) in [5.41, 5.74) is 6.57. The third-order valence-corrected chi connectivity index (χ3v) is 3.05. The second-order valence-corrected chi connectivity index (χ2v) is 4.80. The molecule has 3 N–H and O–H groups in total. The minimum Gasteiger partial charge on any atom is -0.384 e. The van der Waals surface area contributed by atoms with E-state index < -0.39 is 0 Å². The molecule has 1 amide bonds. The SMILES string of the molecule is NC(/C=C\Nc1nccs1)=NC(=O)Cc1ccccc1.[HH]. The van der Waals surface area contributed by atoms with E-state index in [0.29, 0.717) is 0 Å². The molecule has 2 rings (SSSR count). The molecule has 0 atom stereocenters. The first kappa shape index (κ1) is 14.0. The molecule has 104 valence electrons. The largest absolute Gasteiger partial charge is 0.384 e. The average Bonchev–Trinajstić information content (AvgIpc) is 2.93. The van der Waals surface area contributed by atoms with Gasteiger partial charge in [0, 0.05) is 19.2 Å². The zero-order valence-electron chi connectivity index (χ0n) is 10.7. The van der Waals surface area contributed by atoms with Crippen molar-refractivity contribution in [2.75, 3.05) is 5.32 Å². The molecule has 20 heavy (non-hydrogen) atoms. The van der Waals surface area contributed by atoms with Crippen LogP contribution in [0.4, 0.5) is 5.13 Å². The standard InChI is InChI=1S/C14H14N4OS.H2/c15-12(6-7-16-14-17-8-9-20-14)18-13(19)10-11-4-2-1-3-5-11;/h1-9H,10H2,(H,16,17)(H2,15,18,19);1H/b7-6-;. The van der Waals surface area contributed by atoms with Gasteiger partial charge < -0.3 is 11.1 Å². The molecule has 0 spiro atoms. The van der Waals surface area contributed by atoms with Crippen molar-refractivity contribution in [2.24, 2.45) is 10.7 Å². The number of aromatic nitrogens is 1. The summed E-state index contributed by atoms with van der Waals surface area (Å²) in [4.78, 5) is 19.5. The maximum absolute atomic E-state index is 11.7. The second-order valence-electron chi connectivity index (χ2n) is 3.91. The number of thiazole rings is 1. The predicted octanol–water partition coefficient (Wildman–Crippen LogP) is 2.44. The fourth-order valence-corrected chi connectivity index (χ4v) is 1.99. The number of rotatable bonds is 5. The zero-order chi connectivity index (χ0) is 14.2. The molecule has 1 heterocycles. The lowest BCUT2D eigenvalue weighted by molar-refractivity contribution is -0.117. The number of anilines is 1. The maximum Gasteiger partial charge on any atom is 0.252 e. The molecule has 5 nitrogen and oxygen atoms in total. The minimum atomic E-state index is -0.271. The van der Waals surface area contributed by atoms with Gasteiger partial charge in [-0.25, -0.2) is 4.98 Å². The summed E-state index contributed by atoms with van der Waals surface area (Å²) in [5, 5.41) is 5.55. The summed E-state index contributed by atoms with van der Waals surface area (Å²) in [7, 11) is 0. The van der Waals surface area contributed by atoms with Gasteiger partial charge in [0.1, 0.15) is 5.84 Å². The average molecular weight is 288 g/mol. The molecule has 0 radical (unpaired) electrons. The lowest BCUT2D eigenvalue weighted by Gasteiger charge is -1.97. The molecular weight excluding hydrogens is 272 g/mol. The topological polar surface area (TPSA) is 80.4 Å². The van der Waals surface area contributed by atoms with E-state index in [9.17, 15) is 4.79 Å². The number of nitrogens with one attached hydrogen (secondary N) is 1. The van der Waals surface area contributed by atoms with Crippen LogP contribution in [0.1, 0.15) is 6.99 Å². The van der Waals surface area contributed by atoms with Gasteiger partial charge in [-0.3, -0.25) is 4.79 Å². The molecule has 6 heteroatoms. The van der Waals surface area contributed by atoms with Crippen molar-refractivity contribution in [3.05, 3.63) is 59.7 Å². The highest BCUT2D eigenvalue weighted by Crippen LogP contribution is 2.09. The molecular formula is C14H16N4OS. The maximum atomic E-state index is 11.7. The van der Waals surface area contributed by atoms with Gasteiger partial charge in [0.15, 0.2) is 5.13 Å². The molecule has 0 saturated carbocycles. The molecule has 2 aromatic rings. The Bertz CT molecular complexity index is 611. The van der Waals surface area contributed by atoms with Crippen molar-refractivity contribution in [1.82, 2.24) is 4.98 Å². The van der Waals surface area contributed by atoms with Gasteiger partial charge in [-0.05, 0) is 11.6 Å². The van der Waals surface area contributed by atoms with E-state index in [4.69, 9.17) is 5.73 Å². The Morgan fingerprint density at radius 3 is 2.95 bits per heavy atom. The normalized spacial score (nSPS) is 11.7. The monoisotopic (exact) mass is 288 g/mol. The highest BCUT2D eigenvalue weighted by molar-refractivity contribution is 7.13. The molecule has 0 aliphatic heterocycles. The fraction of sp³-hybridized carbons (Fsp3) is 0.0714.